The van der Waals surface area contributed by atoms with Crippen molar-refractivity contribution < 1.29 is 19.8 Å². The topological polar surface area (TPSA) is 74.6 Å². The molecule has 4 nitrogen and oxygen atoms in total. The summed E-state index contributed by atoms with van der Waals surface area (Å²) in [5.74, 6) is -1.35. The van der Waals surface area contributed by atoms with E-state index in [0.29, 0.717) is 12.8 Å². The number of rotatable bonds is 23. The summed E-state index contributed by atoms with van der Waals surface area (Å²) in [4.78, 5) is 20.8. The second-order valence-corrected chi connectivity index (χ2v) is 8.35. The molecular weight excluding hydrogens is 376 g/mol. The van der Waals surface area contributed by atoms with Crippen molar-refractivity contribution >= 4 is 11.9 Å². The average Bonchev–Trinajstić information content (AvgIpc) is 2.70. The average molecular weight is 423 g/mol. The highest BCUT2D eigenvalue weighted by Gasteiger charge is 1.97. The van der Waals surface area contributed by atoms with Crippen LogP contribution in [0.25, 0.3) is 0 Å². The van der Waals surface area contributed by atoms with Gasteiger partial charge >= 0.3 is 11.9 Å². The molecule has 0 radical (unpaired) electrons. The van der Waals surface area contributed by atoms with Crippen LogP contribution in [0.15, 0.2) is 24.3 Å². The maximum Gasteiger partial charge on any atom is 0.303 e. The van der Waals surface area contributed by atoms with Gasteiger partial charge < -0.3 is 10.2 Å². The van der Waals surface area contributed by atoms with E-state index < -0.39 is 11.9 Å². The second-order valence-electron chi connectivity index (χ2n) is 8.35. The lowest BCUT2D eigenvalue weighted by atomic mass is 10.1. The van der Waals surface area contributed by atoms with Gasteiger partial charge in [0.1, 0.15) is 0 Å². The Bertz CT molecular complexity index is 454. The Morgan fingerprint density at radius 1 is 0.433 bits per heavy atom. The van der Waals surface area contributed by atoms with Gasteiger partial charge in [-0.2, -0.15) is 0 Å². The molecule has 30 heavy (non-hydrogen) atoms. The number of unbranched alkanes of at least 4 members (excludes halogenated alkanes) is 15. The third kappa shape index (κ3) is 26.4. The van der Waals surface area contributed by atoms with Gasteiger partial charge in [0.25, 0.3) is 0 Å². The minimum atomic E-state index is -0.677. The largest absolute Gasteiger partial charge is 0.481 e. The SMILES string of the molecule is O=C(O)CCCCCCCC/C=C/C/C=C/CCCCCCCCCCCC(=O)O. The third-order valence-corrected chi connectivity index (χ3v) is 5.38. The quantitative estimate of drug-likeness (QED) is 0.129. The molecular formula is C26H46O4. The van der Waals surface area contributed by atoms with Crippen molar-refractivity contribution in [2.45, 2.75) is 128 Å². The van der Waals surface area contributed by atoms with Gasteiger partial charge in [-0.1, -0.05) is 94.9 Å². The number of aliphatic carboxylic acids is 2. The highest BCUT2D eigenvalue weighted by atomic mass is 16.4. The summed E-state index contributed by atoms with van der Waals surface area (Å²) in [5.41, 5.74) is 0. The molecule has 0 rings (SSSR count). The predicted molar refractivity (Wildman–Crippen MR) is 126 cm³/mol. The summed E-state index contributed by atoms with van der Waals surface area (Å²) >= 11 is 0. The molecule has 0 aromatic carbocycles. The van der Waals surface area contributed by atoms with Crippen LogP contribution in [-0.2, 0) is 9.59 Å². The van der Waals surface area contributed by atoms with Crippen molar-refractivity contribution in [1.29, 1.82) is 0 Å². The van der Waals surface area contributed by atoms with Crippen LogP contribution in [0.4, 0.5) is 0 Å². The summed E-state index contributed by atoms with van der Waals surface area (Å²) in [7, 11) is 0. The Morgan fingerprint density at radius 3 is 1.07 bits per heavy atom. The van der Waals surface area contributed by atoms with Gasteiger partial charge in [0, 0.05) is 12.8 Å². The van der Waals surface area contributed by atoms with Gasteiger partial charge in [-0.15, -0.1) is 0 Å². The van der Waals surface area contributed by atoms with Gasteiger partial charge in [0.05, 0.1) is 0 Å². The highest BCUT2D eigenvalue weighted by molar-refractivity contribution is 5.66. The maximum atomic E-state index is 10.4. The predicted octanol–water partition coefficient (Wildman–Crippen LogP) is 8.07. The smallest absolute Gasteiger partial charge is 0.303 e. The fraction of sp³-hybridized carbons (Fsp3) is 0.769. The Balaban J connectivity index is 3.19. The first-order valence-corrected chi connectivity index (χ1v) is 12.4. The molecule has 0 aliphatic carbocycles. The Morgan fingerprint density at radius 2 is 0.733 bits per heavy atom. The fourth-order valence-electron chi connectivity index (χ4n) is 3.53. The summed E-state index contributed by atoms with van der Waals surface area (Å²) < 4.78 is 0. The molecule has 0 heterocycles. The molecule has 0 aromatic rings. The van der Waals surface area contributed by atoms with E-state index in [4.69, 9.17) is 10.2 Å². The van der Waals surface area contributed by atoms with Gasteiger partial charge in [-0.05, 0) is 44.9 Å². The van der Waals surface area contributed by atoms with Crippen LogP contribution in [0, 0.1) is 0 Å². The Labute approximate surface area is 184 Å². The normalized spacial score (nSPS) is 11.6. The van der Waals surface area contributed by atoms with E-state index in [0.717, 1.165) is 44.9 Å². The second kappa shape index (κ2) is 23.7. The van der Waals surface area contributed by atoms with Gasteiger partial charge in [-0.25, -0.2) is 0 Å². The summed E-state index contributed by atoms with van der Waals surface area (Å²) in [6, 6.07) is 0. The number of carbonyl (C=O) groups is 2. The highest BCUT2D eigenvalue weighted by Crippen LogP contribution is 2.12. The molecule has 0 bridgehead atoms. The molecule has 2 N–H and O–H groups in total. The number of hydrogen-bond donors (Lipinski definition) is 2. The van der Waals surface area contributed by atoms with Crippen molar-refractivity contribution in [1.82, 2.24) is 0 Å². The van der Waals surface area contributed by atoms with Gasteiger partial charge in [0.2, 0.25) is 0 Å². The van der Waals surface area contributed by atoms with Crippen molar-refractivity contribution in [3.05, 3.63) is 24.3 Å². The minimum Gasteiger partial charge on any atom is -0.481 e. The number of carboxylic acid groups (broad SMARTS) is 2. The van der Waals surface area contributed by atoms with E-state index in [1.807, 2.05) is 0 Å². The molecule has 4 heteroatoms. The Hall–Kier alpha value is -1.58. The number of allylic oxidation sites excluding steroid dienone is 4. The molecule has 0 spiro atoms. The molecule has 0 aromatic heterocycles. The van der Waals surface area contributed by atoms with Crippen molar-refractivity contribution in [2.75, 3.05) is 0 Å². The molecule has 0 saturated carbocycles. The first-order valence-electron chi connectivity index (χ1n) is 12.4. The zero-order chi connectivity index (χ0) is 22.1. The first-order chi connectivity index (χ1) is 14.6. The molecule has 0 fully saturated rings. The lowest BCUT2D eigenvalue weighted by Crippen LogP contribution is -1.93. The monoisotopic (exact) mass is 422 g/mol. The number of hydrogen-bond acceptors (Lipinski definition) is 2. The maximum absolute atomic E-state index is 10.4. The third-order valence-electron chi connectivity index (χ3n) is 5.38. The summed E-state index contributed by atoms with van der Waals surface area (Å²) in [6.45, 7) is 0. The Kier molecular flexibility index (Phi) is 22.4. The van der Waals surface area contributed by atoms with Gasteiger partial charge in [-0.3, -0.25) is 9.59 Å². The minimum absolute atomic E-state index is 0.315. The van der Waals surface area contributed by atoms with E-state index in [-0.39, 0.29) is 0 Å². The van der Waals surface area contributed by atoms with Crippen LogP contribution in [0.2, 0.25) is 0 Å². The van der Waals surface area contributed by atoms with Crippen molar-refractivity contribution in [2.24, 2.45) is 0 Å². The molecule has 0 atom stereocenters. The molecule has 174 valence electrons. The molecule has 0 saturated heterocycles. The zero-order valence-corrected chi connectivity index (χ0v) is 19.2. The van der Waals surface area contributed by atoms with Crippen LogP contribution in [-0.4, -0.2) is 22.2 Å². The lowest BCUT2D eigenvalue weighted by molar-refractivity contribution is -0.138. The summed E-state index contributed by atoms with van der Waals surface area (Å²) in [6.07, 6.45) is 30.7. The van der Waals surface area contributed by atoms with E-state index in [1.54, 1.807) is 0 Å². The van der Waals surface area contributed by atoms with Crippen molar-refractivity contribution in [3.8, 4) is 0 Å². The molecule has 0 aliphatic rings. The molecule has 0 amide bonds. The summed E-state index contributed by atoms with van der Waals surface area (Å²) in [5, 5.41) is 17.1. The number of carboxylic acids is 2. The van der Waals surface area contributed by atoms with Crippen LogP contribution >= 0.6 is 0 Å². The van der Waals surface area contributed by atoms with E-state index in [1.165, 1.54) is 70.6 Å². The van der Waals surface area contributed by atoms with Crippen LogP contribution in [0.3, 0.4) is 0 Å². The van der Waals surface area contributed by atoms with E-state index >= 15 is 0 Å². The molecule has 0 unspecified atom stereocenters. The van der Waals surface area contributed by atoms with Gasteiger partial charge in [0.15, 0.2) is 0 Å². The molecule has 0 aliphatic heterocycles. The van der Waals surface area contributed by atoms with E-state index in [9.17, 15) is 9.59 Å². The fourth-order valence-corrected chi connectivity index (χ4v) is 3.53. The van der Waals surface area contributed by atoms with Crippen LogP contribution in [0.1, 0.15) is 128 Å². The standard InChI is InChI=1S/C26H46O4/c27-25(28)23-21-19-17-15-13-11-9-7-5-3-1-2-4-6-8-10-12-14-16-18-20-22-24-26(29)30/h1-2,5,7H,3-4,6,8-24H2,(H,27,28)(H,29,30)/b2-1+,7-5+. The van der Waals surface area contributed by atoms with Crippen LogP contribution < -0.4 is 0 Å². The van der Waals surface area contributed by atoms with Crippen molar-refractivity contribution in [3.63, 3.8) is 0 Å². The van der Waals surface area contributed by atoms with Crippen LogP contribution in [0.5, 0.6) is 0 Å². The lowest BCUT2D eigenvalue weighted by Gasteiger charge is -2.01. The van der Waals surface area contributed by atoms with E-state index in [2.05, 4.69) is 24.3 Å². The first kappa shape index (κ1) is 28.4. The zero-order valence-electron chi connectivity index (χ0n) is 19.2.